The second-order valence-electron chi connectivity index (χ2n) is 5.95. The lowest BCUT2D eigenvalue weighted by atomic mass is 9.87. The van der Waals surface area contributed by atoms with Crippen molar-refractivity contribution in [3.05, 3.63) is 28.8 Å². The fraction of sp³-hybridized carbons (Fsp3) is 0.625. The molecular formula is C16H24OSi. The van der Waals surface area contributed by atoms with Crippen molar-refractivity contribution >= 4 is 14.7 Å². The minimum atomic E-state index is 0.616. The van der Waals surface area contributed by atoms with Crippen LogP contribution in [0.1, 0.15) is 56.2 Å². The Labute approximate surface area is 114 Å². The SMILES string of the molecule is Cc1ccc([Si]C2COC2)c(C(C)C)c1C(C)C. The van der Waals surface area contributed by atoms with E-state index in [4.69, 9.17) is 4.74 Å². The Hall–Kier alpha value is -0.603. The van der Waals surface area contributed by atoms with E-state index in [1.165, 1.54) is 5.56 Å². The second-order valence-corrected chi connectivity index (χ2v) is 7.59. The van der Waals surface area contributed by atoms with Gasteiger partial charge in [-0.2, -0.15) is 0 Å². The molecule has 0 amide bonds. The highest BCUT2D eigenvalue weighted by atomic mass is 28.2. The molecule has 0 aromatic heterocycles. The van der Waals surface area contributed by atoms with Gasteiger partial charge in [-0.25, -0.2) is 0 Å². The van der Waals surface area contributed by atoms with Crippen molar-refractivity contribution in [2.75, 3.05) is 13.2 Å². The summed E-state index contributed by atoms with van der Waals surface area (Å²) in [5.41, 5.74) is 5.41. The fourth-order valence-electron chi connectivity index (χ4n) is 2.80. The van der Waals surface area contributed by atoms with E-state index in [0.29, 0.717) is 11.8 Å². The first-order valence-electron chi connectivity index (χ1n) is 6.98. The highest BCUT2D eigenvalue weighted by Crippen LogP contribution is 2.28. The lowest BCUT2D eigenvalue weighted by molar-refractivity contribution is 0.0374. The summed E-state index contributed by atoms with van der Waals surface area (Å²) in [4.78, 5) is 0. The van der Waals surface area contributed by atoms with Crippen molar-refractivity contribution in [2.24, 2.45) is 0 Å². The smallest absolute Gasteiger partial charge is 0.0898 e. The van der Waals surface area contributed by atoms with Crippen LogP contribution in [0.3, 0.4) is 0 Å². The van der Waals surface area contributed by atoms with Crippen LogP contribution >= 0.6 is 0 Å². The number of ether oxygens (including phenoxy) is 1. The average Bonchev–Trinajstić information content (AvgIpc) is 2.23. The van der Waals surface area contributed by atoms with Gasteiger partial charge in [0.25, 0.3) is 0 Å². The van der Waals surface area contributed by atoms with E-state index in [9.17, 15) is 0 Å². The van der Waals surface area contributed by atoms with Crippen LogP contribution in [0.4, 0.5) is 0 Å². The first kappa shape index (κ1) is 13.8. The molecule has 0 N–H and O–H groups in total. The van der Waals surface area contributed by atoms with Gasteiger partial charge in [0.1, 0.15) is 0 Å². The Kier molecular flexibility index (Phi) is 4.28. The van der Waals surface area contributed by atoms with Crippen molar-refractivity contribution in [1.82, 2.24) is 0 Å². The van der Waals surface area contributed by atoms with E-state index < -0.39 is 0 Å². The van der Waals surface area contributed by atoms with Crippen molar-refractivity contribution < 1.29 is 4.74 Å². The van der Waals surface area contributed by atoms with E-state index in [2.05, 4.69) is 46.8 Å². The largest absolute Gasteiger partial charge is 0.381 e. The second kappa shape index (κ2) is 5.58. The monoisotopic (exact) mass is 260 g/mol. The first-order chi connectivity index (χ1) is 8.50. The molecule has 1 aliphatic heterocycles. The Morgan fingerprint density at radius 2 is 1.67 bits per heavy atom. The molecule has 1 nitrogen and oxygen atoms in total. The topological polar surface area (TPSA) is 9.23 Å². The van der Waals surface area contributed by atoms with Gasteiger partial charge in [0, 0.05) is 18.8 Å². The van der Waals surface area contributed by atoms with Gasteiger partial charge in [-0.05, 0) is 35.4 Å². The summed E-state index contributed by atoms with van der Waals surface area (Å²) >= 11 is 0. The zero-order chi connectivity index (χ0) is 13.3. The third kappa shape index (κ3) is 2.70. The van der Waals surface area contributed by atoms with Crippen molar-refractivity contribution in [3.8, 4) is 0 Å². The molecule has 2 rings (SSSR count). The van der Waals surface area contributed by atoms with Crippen molar-refractivity contribution in [3.63, 3.8) is 0 Å². The maximum atomic E-state index is 5.32. The molecule has 0 saturated carbocycles. The lowest BCUT2D eigenvalue weighted by Crippen LogP contribution is -2.35. The predicted octanol–water partition coefficient (Wildman–Crippen LogP) is 3.39. The Bertz CT molecular complexity index is 419. The van der Waals surface area contributed by atoms with Crippen LogP contribution in [0.25, 0.3) is 0 Å². The molecule has 1 aliphatic rings. The Morgan fingerprint density at radius 3 is 2.11 bits per heavy atom. The van der Waals surface area contributed by atoms with Gasteiger partial charge in [-0.15, -0.1) is 0 Å². The molecule has 1 fully saturated rings. The molecule has 1 saturated heterocycles. The molecule has 1 aromatic carbocycles. The lowest BCUT2D eigenvalue weighted by Gasteiger charge is -2.28. The van der Waals surface area contributed by atoms with Crippen molar-refractivity contribution in [2.45, 2.75) is 52.0 Å². The summed E-state index contributed by atoms with van der Waals surface area (Å²) in [6.07, 6.45) is 0. The molecule has 0 spiro atoms. The third-order valence-corrected chi connectivity index (χ3v) is 5.15. The summed E-state index contributed by atoms with van der Waals surface area (Å²) in [7, 11) is 0.917. The van der Waals surface area contributed by atoms with Gasteiger partial charge in [-0.1, -0.05) is 45.0 Å². The number of benzene rings is 1. The molecule has 18 heavy (non-hydrogen) atoms. The van der Waals surface area contributed by atoms with E-state index >= 15 is 0 Å². The van der Waals surface area contributed by atoms with Crippen molar-refractivity contribution in [1.29, 1.82) is 0 Å². The molecule has 0 bridgehead atoms. The van der Waals surface area contributed by atoms with Crippen LogP contribution in [-0.2, 0) is 4.74 Å². The van der Waals surface area contributed by atoms with E-state index in [1.807, 2.05) is 0 Å². The summed E-state index contributed by atoms with van der Waals surface area (Å²) in [5, 5.41) is 1.58. The first-order valence-corrected chi connectivity index (χ1v) is 8.06. The van der Waals surface area contributed by atoms with Crippen LogP contribution in [0.2, 0.25) is 5.54 Å². The fourth-order valence-corrected chi connectivity index (χ4v) is 4.40. The van der Waals surface area contributed by atoms with E-state index in [1.54, 1.807) is 16.3 Å². The van der Waals surface area contributed by atoms with Gasteiger partial charge in [0.15, 0.2) is 0 Å². The van der Waals surface area contributed by atoms with E-state index in [-0.39, 0.29) is 0 Å². The molecule has 1 aromatic rings. The number of hydrogen-bond donors (Lipinski definition) is 0. The predicted molar refractivity (Wildman–Crippen MR) is 79.3 cm³/mol. The van der Waals surface area contributed by atoms with Gasteiger partial charge >= 0.3 is 0 Å². The quantitative estimate of drug-likeness (QED) is 0.754. The van der Waals surface area contributed by atoms with E-state index in [0.717, 1.165) is 28.3 Å². The van der Waals surface area contributed by atoms with Crippen LogP contribution in [0, 0.1) is 6.92 Å². The highest BCUT2D eigenvalue weighted by molar-refractivity contribution is 6.56. The normalized spacial score (nSPS) is 16.4. The van der Waals surface area contributed by atoms with Crippen LogP contribution in [0.5, 0.6) is 0 Å². The minimum Gasteiger partial charge on any atom is -0.381 e. The highest BCUT2D eigenvalue weighted by Gasteiger charge is 2.24. The summed E-state index contributed by atoms with van der Waals surface area (Å²) in [6.45, 7) is 13.4. The average molecular weight is 260 g/mol. The zero-order valence-corrected chi connectivity index (χ0v) is 13.2. The molecule has 98 valence electrons. The summed E-state index contributed by atoms with van der Waals surface area (Å²) in [6, 6.07) is 4.66. The zero-order valence-electron chi connectivity index (χ0n) is 12.2. The number of hydrogen-bond acceptors (Lipinski definition) is 1. The number of aryl methyl sites for hydroxylation is 1. The molecule has 1 heterocycles. The van der Waals surface area contributed by atoms with Gasteiger partial charge in [-0.3, -0.25) is 0 Å². The van der Waals surface area contributed by atoms with Crippen LogP contribution in [0.15, 0.2) is 12.1 Å². The molecule has 0 atom stereocenters. The van der Waals surface area contributed by atoms with Gasteiger partial charge in [0.2, 0.25) is 0 Å². The summed E-state index contributed by atoms with van der Waals surface area (Å²) in [5.74, 6) is 1.23. The van der Waals surface area contributed by atoms with Crippen LogP contribution < -0.4 is 5.19 Å². The molecule has 0 unspecified atom stereocenters. The molecule has 2 heteroatoms. The maximum absolute atomic E-state index is 5.32. The maximum Gasteiger partial charge on any atom is 0.0898 e. The Balaban J connectivity index is 2.41. The summed E-state index contributed by atoms with van der Waals surface area (Å²) < 4.78 is 5.32. The number of rotatable bonds is 4. The van der Waals surface area contributed by atoms with Gasteiger partial charge in [0.05, 0.1) is 9.52 Å². The van der Waals surface area contributed by atoms with Gasteiger partial charge < -0.3 is 4.74 Å². The Morgan fingerprint density at radius 1 is 1.06 bits per heavy atom. The minimum absolute atomic E-state index is 0.616. The van der Waals surface area contributed by atoms with Crippen LogP contribution in [-0.4, -0.2) is 22.7 Å². The molecule has 2 radical (unpaired) electrons. The third-order valence-electron chi connectivity index (χ3n) is 3.66. The molecular weight excluding hydrogens is 236 g/mol. The molecule has 0 aliphatic carbocycles. The standard InChI is InChI=1S/C16H24OSi/c1-10(2)15-12(5)6-7-14(16(15)11(3)4)18-13-8-17-9-13/h6-7,10-11,13H,8-9H2,1-5H3.